The van der Waals surface area contributed by atoms with Gasteiger partial charge in [0, 0.05) is 49.5 Å². The molecule has 7 nitrogen and oxygen atoms in total. The van der Waals surface area contributed by atoms with Crippen LogP contribution in [0.25, 0.3) is 0 Å². The molecule has 35 heavy (non-hydrogen) atoms. The first-order valence-electron chi connectivity index (χ1n) is 11.9. The second kappa shape index (κ2) is 10.0. The topological polar surface area (TPSA) is 81.8 Å². The molecule has 0 unspecified atom stereocenters. The van der Waals surface area contributed by atoms with Gasteiger partial charge in [0.2, 0.25) is 5.91 Å². The van der Waals surface area contributed by atoms with Crippen LogP contribution in [0.1, 0.15) is 37.4 Å². The van der Waals surface area contributed by atoms with Gasteiger partial charge in [-0.25, -0.2) is 0 Å². The molecular weight excluding hydrogens is 440 g/mol. The highest BCUT2D eigenvalue weighted by atomic mass is 16.2. The van der Waals surface area contributed by atoms with Gasteiger partial charge in [-0.2, -0.15) is 0 Å². The van der Waals surface area contributed by atoms with E-state index in [0.29, 0.717) is 30.8 Å². The lowest BCUT2D eigenvalue weighted by atomic mass is 9.99. The van der Waals surface area contributed by atoms with Gasteiger partial charge in [0.1, 0.15) is 0 Å². The van der Waals surface area contributed by atoms with Crippen LogP contribution in [0.4, 0.5) is 5.69 Å². The Morgan fingerprint density at radius 2 is 1.54 bits per heavy atom. The molecule has 0 saturated carbocycles. The fraction of sp³-hybridized carbons (Fsp3) is 0.250. The molecule has 0 aromatic heterocycles. The van der Waals surface area contributed by atoms with E-state index in [0.717, 1.165) is 30.8 Å². The van der Waals surface area contributed by atoms with Crippen LogP contribution in [0.3, 0.4) is 0 Å². The predicted octanol–water partition coefficient (Wildman–Crippen LogP) is 2.75. The molecule has 2 heterocycles. The van der Waals surface area contributed by atoms with Gasteiger partial charge < -0.3 is 20.4 Å². The molecule has 1 saturated heterocycles. The number of amides is 3. The molecule has 0 spiro atoms. The van der Waals surface area contributed by atoms with Gasteiger partial charge in [0.25, 0.3) is 11.8 Å². The van der Waals surface area contributed by atoms with Crippen molar-refractivity contribution in [1.29, 1.82) is 0 Å². The predicted molar refractivity (Wildman–Crippen MR) is 134 cm³/mol. The summed E-state index contributed by atoms with van der Waals surface area (Å²) in [4.78, 5) is 40.6. The van der Waals surface area contributed by atoms with E-state index in [1.807, 2.05) is 36.4 Å². The van der Waals surface area contributed by atoms with E-state index in [1.165, 1.54) is 11.1 Å². The average Bonchev–Trinajstić information content (AvgIpc) is 2.91. The summed E-state index contributed by atoms with van der Waals surface area (Å²) in [5.74, 6) is -0.439. The van der Waals surface area contributed by atoms with E-state index in [9.17, 15) is 14.4 Å². The third-order valence-corrected chi connectivity index (χ3v) is 6.60. The van der Waals surface area contributed by atoms with Gasteiger partial charge in [0.15, 0.2) is 0 Å². The Balaban J connectivity index is 1.15. The van der Waals surface area contributed by atoms with Gasteiger partial charge in [-0.15, -0.1) is 0 Å². The van der Waals surface area contributed by atoms with Crippen molar-refractivity contribution in [1.82, 2.24) is 15.5 Å². The molecule has 3 aromatic rings. The number of nitrogens with zero attached hydrogens (tertiary/aromatic N) is 2. The molecule has 3 amide bonds. The number of carbonyl (C=O) groups is 3. The standard InChI is InChI=1S/C28H28N4O3/c33-26-19-32(16-14-29-26)28(35)23-7-5-20(6-8-23)17-30-27(34)22-9-11-25(12-10-22)31-15-13-21-3-1-2-4-24(21)18-31/h1-12H,13-19H2,(H,29,33)(H,30,34). The molecule has 0 bridgehead atoms. The lowest BCUT2D eigenvalue weighted by Gasteiger charge is -2.30. The molecule has 2 N–H and O–H groups in total. The maximum atomic E-state index is 12.7. The van der Waals surface area contributed by atoms with Crippen molar-refractivity contribution in [2.45, 2.75) is 19.5 Å². The zero-order chi connectivity index (χ0) is 24.2. The summed E-state index contributed by atoms with van der Waals surface area (Å²) < 4.78 is 0. The normalized spacial score (nSPS) is 15.3. The molecule has 2 aliphatic heterocycles. The van der Waals surface area contributed by atoms with E-state index in [4.69, 9.17) is 0 Å². The van der Waals surface area contributed by atoms with Crippen molar-refractivity contribution in [2.75, 3.05) is 31.1 Å². The van der Waals surface area contributed by atoms with E-state index < -0.39 is 0 Å². The zero-order valence-corrected chi connectivity index (χ0v) is 19.5. The van der Waals surface area contributed by atoms with E-state index in [-0.39, 0.29) is 24.3 Å². The minimum atomic E-state index is -0.160. The summed E-state index contributed by atoms with van der Waals surface area (Å²) in [7, 11) is 0. The number of hydrogen-bond acceptors (Lipinski definition) is 4. The first-order valence-corrected chi connectivity index (χ1v) is 11.9. The van der Waals surface area contributed by atoms with Crippen LogP contribution >= 0.6 is 0 Å². The lowest BCUT2D eigenvalue weighted by Crippen LogP contribution is -2.49. The number of anilines is 1. The Kier molecular flexibility index (Phi) is 6.48. The van der Waals surface area contributed by atoms with Crippen molar-refractivity contribution in [3.63, 3.8) is 0 Å². The summed E-state index contributed by atoms with van der Waals surface area (Å²) >= 11 is 0. The van der Waals surface area contributed by atoms with Crippen molar-refractivity contribution in [3.8, 4) is 0 Å². The Hall–Kier alpha value is -4.13. The minimum Gasteiger partial charge on any atom is -0.367 e. The number of rotatable bonds is 5. The number of fused-ring (bicyclic) bond motifs is 1. The molecular formula is C28H28N4O3. The van der Waals surface area contributed by atoms with Gasteiger partial charge in [-0.05, 0) is 59.5 Å². The van der Waals surface area contributed by atoms with E-state index in [2.05, 4.69) is 39.8 Å². The first-order chi connectivity index (χ1) is 17.1. The average molecular weight is 469 g/mol. The van der Waals surface area contributed by atoms with Crippen LogP contribution in [0.2, 0.25) is 0 Å². The molecule has 0 aliphatic carbocycles. The largest absolute Gasteiger partial charge is 0.367 e. The Bertz CT molecular complexity index is 1240. The SMILES string of the molecule is O=C1CN(C(=O)c2ccc(CNC(=O)c3ccc(N4CCc5ccccc5C4)cc3)cc2)CCN1. The highest BCUT2D eigenvalue weighted by Gasteiger charge is 2.22. The number of piperazine rings is 1. The van der Waals surface area contributed by atoms with Gasteiger partial charge in [-0.1, -0.05) is 36.4 Å². The highest BCUT2D eigenvalue weighted by Crippen LogP contribution is 2.24. The van der Waals surface area contributed by atoms with Gasteiger partial charge in [-0.3, -0.25) is 14.4 Å². The summed E-state index contributed by atoms with van der Waals surface area (Å²) in [5, 5.41) is 5.66. The zero-order valence-electron chi connectivity index (χ0n) is 19.5. The van der Waals surface area contributed by atoms with Crippen molar-refractivity contribution in [3.05, 3.63) is 101 Å². The molecule has 1 fully saturated rings. The van der Waals surface area contributed by atoms with Crippen molar-refractivity contribution in [2.24, 2.45) is 0 Å². The molecule has 2 aliphatic rings. The quantitative estimate of drug-likeness (QED) is 0.603. The van der Waals surface area contributed by atoms with Crippen molar-refractivity contribution < 1.29 is 14.4 Å². The monoisotopic (exact) mass is 468 g/mol. The summed E-state index contributed by atoms with van der Waals surface area (Å²) in [6.45, 7) is 3.27. The molecule has 7 heteroatoms. The third kappa shape index (κ3) is 5.19. The number of benzene rings is 3. The molecule has 0 atom stereocenters. The van der Waals surface area contributed by atoms with E-state index >= 15 is 0 Å². The number of hydrogen-bond donors (Lipinski definition) is 2. The maximum Gasteiger partial charge on any atom is 0.254 e. The Morgan fingerprint density at radius 1 is 0.829 bits per heavy atom. The molecule has 3 aromatic carbocycles. The summed E-state index contributed by atoms with van der Waals surface area (Å²) in [6, 6.07) is 23.4. The first kappa shape index (κ1) is 22.7. The molecule has 0 radical (unpaired) electrons. The fourth-order valence-electron chi connectivity index (χ4n) is 4.58. The second-order valence-electron chi connectivity index (χ2n) is 8.94. The molecule has 5 rings (SSSR count). The van der Waals surface area contributed by atoms with Gasteiger partial charge in [0.05, 0.1) is 6.54 Å². The number of nitrogens with one attached hydrogen (secondary N) is 2. The lowest BCUT2D eigenvalue weighted by molar-refractivity contribution is -0.123. The maximum absolute atomic E-state index is 12.7. The Labute approximate surface area is 204 Å². The third-order valence-electron chi connectivity index (χ3n) is 6.60. The smallest absolute Gasteiger partial charge is 0.254 e. The van der Waals surface area contributed by atoms with Crippen LogP contribution < -0.4 is 15.5 Å². The van der Waals surface area contributed by atoms with E-state index in [1.54, 1.807) is 17.0 Å². The second-order valence-corrected chi connectivity index (χ2v) is 8.94. The summed E-state index contributed by atoms with van der Waals surface area (Å²) in [6.07, 6.45) is 1.02. The summed E-state index contributed by atoms with van der Waals surface area (Å²) in [5.41, 5.74) is 5.93. The van der Waals surface area contributed by atoms with Crippen LogP contribution in [0.15, 0.2) is 72.8 Å². The van der Waals surface area contributed by atoms with Crippen LogP contribution in [-0.2, 0) is 24.3 Å². The van der Waals surface area contributed by atoms with Crippen molar-refractivity contribution >= 4 is 23.4 Å². The fourth-order valence-corrected chi connectivity index (χ4v) is 4.58. The molecule has 178 valence electrons. The van der Waals surface area contributed by atoms with Gasteiger partial charge >= 0.3 is 0 Å². The number of carbonyl (C=O) groups excluding carboxylic acids is 3. The minimum absolute atomic E-state index is 0.0838. The van der Waals surface area contributed by atoms with Crippen LogP contribution in [-0.4, -0.2) is 48.8 Å². The highest BCUT2D eigenvalue weighted by molar-refractivity contribution is 5.97. The Morgan fingerprint density at radius 3 is 2.29 bits per heavy atom. The van der Waals surface area contributed by atoms with Crippen LogP contribution in [0.5, 0.6) is 0 Å². The van der Waals surface area contributed by atoms with Crippen LogP contribution in [0, 0.1) is 0 Å².